The lowest BCUT2D eigenvalue weighted by atomic mass is 10.1. The number of nitrogens with zero attached hydrogens (tertiary/aromatic N) is 3. The second kappa shape index (κ2) is 7.61. The van der Waals surface area contributed by atoms with E-state index in [1.165, 1.54) is 11.8 Å². The van der Waals surface area contributed by atoms with Crippen molar-refractivity contribution >= 4 is 29.3 Å². The molecule has 1 aromatic heterocycles. The van der Waals surface area contributed by atoms with Crippen LogP contribution in [0.15, 0.2) is 76.8 Å². The highest BCUT2D eigenvalue weighted by atomic mass is 32.2. The minimum Gasteiger partial charge on any atom is -0.337 e. The van der Waals surface area contributed by atoms with E-state index >= 15 is 0 Å². The molecule has 2 amide bonds. The number of carbonyl (C=O) groups is 2. The van der Waals surface area contributed by atoms with Gasteiger partial charge in [-0.25, -0.2) is 4.98 Å². The Morgan fingerprint density at radius 2 is 1.93 bits per heavy atom. The fourth-order valence-corrected chi connectivity index (χ4v) is 4.79. The second-order valence-electron chi connectivity index (χ2n) is 7.69. The molecule has 0 spiro atoms. The number of amides is 2. The van der Waals surface area contributed by atoms with Crippen molar-refractivity contribution in [3.05, 3.63) is 83.6 Å². The smallest absolute Gasteiger partial charge is 0.261 e. The van der Waals surface area contributed by atoms with Gasteiger partial charge in [0.2, 0.25) is 0 Å². The summed E-state index contributed by atoms with van der Waals surface area (Å²) < 4.78 is 0. The van der Waals surface area contributed by atoms with E-state index in [2.05, 4.69) is 4.98 Å². The average Bonchev–Trinajstić information content (AvgIpc) is 3.60. The molecule has 6 heteroatoms. The Morgan fingerprint density at radius 1 is 1.13 bits per heavy atom. The zero-order valence-corrected chi connectivity index (χ0v) is 17.4. The van der Waals surface area contributed by atoms with Crippen LogP contribution in [0.2, 0.25) is 0 Å². The zero-order valence-electron chi connectivity index (χ0n) is 16.6. The largest absolute Gasteiger partial charge is 0.337 e. The van der Waals surface area contributed by atoms with Gasteiger partial charge in [0.1, 0.15) is 5.03 Å². The fraction of sp³-hybridized carbons (Fsp3) is 0.208. The van der Waals surface area contributed by atoms with Crippen LogP contribution in [0.4, 0.5) is 5.69 Å². The van der Waals surface area contributed by atoms with Crippen molar-refractivity contribution < 1.29 is 9.59 Å². The van der Waals surface area contributed by atoms with Crippen molar-refractivity contribution in [3.8, 4) is 0 Å². The molecule has 30 heavy (non-hydrogen) atoms. The first-order valence-corrected chi connectivity index (χ1v) is 10.8. The number of pyridine rings is 1. The summed E-state index contributed by atoms with van der Waals surface area (Å²) in [5.74, 6) is -0.0517. The Kier molecular flexibility index (Phi) is 4.79. The highest BCUT2D eigenvalue weighted by Crippen LogP contribution is 2.44. The number of anilines is 1. The first kappa shape index (κ1) is 18.9. The number of hydrogen-bond acceptors (Lipinski definition) is 4. The summed E-state index contributed by atoms with van der Waals surface area (Å²) >= 11 is 1.46. The van der Waals surface area contributed by atoms with Crippen LogP contribution in [0.25, 0.3) is 0 Å². The molecule has 2 aliphatic rings. The first-order chi connectivity index (χ1) is 14.6. The molecule has 0 N–H and O–H groups in total. The molecule has 5 nitrogen and oxygen atoms in total. The number of rotatable bonds is 4. The summed E-state index contributed by atoms with van der Waals surface area (Å²) in [6.07, 6.45) is 3.71. The van der Waals surface area contributed by atoms with E-state index in [0.717, 1.165) is 29.0 Å². The number of hydrogen-bond donors (Lipinski definition) is 0. The molecule has 1 fully saturated rings. The maximum atomic E-state index is 13.2. The third-order valence-corrected chi connectivity index (χ3v) is 6.48. The molecule has 0 radical (unpaired) electrons. The number of fused-ring (bicyclic) bond motifs is 2. The van der Waals surface area contributed by atoms with Crippen molar-refractivity contribution in [3.63, 3.8) is 0 Å². The number of benzene rings is 2. The lowest BCUT2D eigenvalue weighted by Gasteiger charge is -2.23. The molecule has 1 aliphatic heterocycles. The molecule has 0 bridgehead atoms. The maximum absolute atomic E-state index is 13.2. The van der Waals surface area contributed by atoms with E-state index in [4.69, 9.17) is 0 Å². The van der Waals surface area contributed by atoms with Gasteiger partial charge in [0.25, 0.3) is 11.8 Å². The van der Waals surface area contributed by atoms with Crippen molar-refractivity contribution in [2.24, 2.45) is 0 Å². The van der Waals surface area contributed by atoms with E-state index in [-0.39, 0.29) is 17.9 Å². The lowest BCUT2D eigenvalue weighted by Crippen LogP contribution is -2.33. The van der Waals surface area contributed by atoms with Gasteiger partial charge in [-0.2, -0.15) is 0 Å². The standard InChI is InChI=1S/C24H21N3O2S/c1-26(15-16-6-3-2-4-7-16)23(28)17-9-12-20-21(14-17)30-22-19(8-5-13-25-22)24(29)27(20)18-10-11-18/h2-9,12-14,18H,10-11,15H2,1H3. The van der Waals surface area contributed by atoms with Gasteiger partial charge in [0.05, 0.1) is 11.3 Å². The Hall–Kier alpha value is -3.12. The van der Waals surface area contributed by atoms with Gasteiger partial charge in [-0.05, 0) is 48.7 Å². The van der Waals surface area contributed by atoms with Gasteiger partial charge < -0.3 is 9.80 Å². The van der Waals surface area contributed by atoms with Crippen LogP contribution < -0.4 is 4.90 Å². The van der Waals surface area contributed by atoms with Gasteiger partial charge >= 0.3 is 0 Å². The van der Waals surface area contributed by atoms with Crippen molar-refractivity contribution in [2.45, 2.75) is 35.3 Å². The van der Waals surface area contributed by atoms with Crippen LogP contribution in [0, 0.1) is 0 Å². The molecule has 5 rings (SSSR count). The van der Waals surface area contributed by atoms with Gasteiger partial charge in [-0.15, -0.1) is 0 Å². The van der Waals surface area contributed by atoms with Crippen LogP contribution in [0.5, 0.6) is 0 Å². The highest BCUT2D eigenvalue weighted by Gasteiger charge is 2.38. The molecule has 0 saturated heterocycles. The summed E-state index contributed by atoms with van der Waals surface area (Å²) in [7, 11) is 1.81. The highest BCUT2D eigenvalue weighted by molar-refractivity contribution is 7.99. The second-order valence-corrected chi connectivity index (χ2v) is 8.72. The van der Waals surface area contributed by atoms with E-state index in [9.17, 15) is 9.59 Å². The van der Waals surface area contributed by atoms with Gasteiger partial charge in [0.15, 0.2) is 0 Å². The van der Waals surface area contributed by atoms with Gasteiger partial charge in [-0.1, -0.05) is 42.1 Å². The molecule has 2 heterocycles. The predicted molar refractivity (Wildman–Crippen MR) is 117 cm³/mol. The van der Waals surface area contributed by atoms with Gasteiger partial charge in [0, 0.05) is 36.3 Å². The molecular weight excluding hydrogens is 394 g/mol. The summed E-state index contributed by atoms with van der Waals surface area (Å²) in [6, 6.07) is 19.4. The quantitative estimate of drug-likeness (QED) is 0.624. The van der Waals surface area contributed by atoms with E-state index in [0.29, 0.717) is 22.7 Å². The first-order valence-electron chi connectivity index (χ1n) is 10.0. The van der Waals surface area contributed by atoms with Crippen molar-refractivity contribution in [1.82, 2.24) is 9.88 Å². The maximum Gasteiger partial charge on any atom is 0.261 e. The molecule has 0 unspecified atom stereocenters. The SMILES string of the molecule is CN(Cc1ccccc1)C(=O)c1ccc2c(c1)Sc1ncccc1C(=O)N2C1CC1. The third kappa shape index (κ3) is 3.48. The minimum atomic E-state index is -0.0444. The Labute approximate surface area is 179 Å². The number of aromatic nitrogens is 1. The molecule has 2 aromatic carbocycles. The van der Waals surface area contributed by atoms with Crippen LogP contribution in [0.1, 0.15) is 39.1 Å². The van der Waals surface area contributed by atoms with Crippen LogP contribution in [-0.4, -0.2) is 34.8 Å². The normalized spacial score (nSPS) is 15.2. The van der Waals surface area contributed by atoms with E-state index in [1.807, 2.05) is 66.5 Å². The fourth-order valence-electron chi connectivity index (χ4n) is 3.75. The van der Waals surface area contributed by atoms with Crippen molar-refractivity contribution in [2.75, 3.05) is 11.9 Å². The summed E-state index contributed by atoms with van der Waals surface area (Å²) in [5.41, 5.74) is 3.19. The van der Waals surface area contributed by atoms with Gasteiger partial charge in [-0.3, -0.25) is 9.59 Å². The Balaban J connectivity index is 1.49. The summed E-state index contributed by atoms with van der Waals surface area (Å²) in [4.78, 5) is 35.2. The number of carbonyl (C=O) groups excluding carboxylic acids is 2. The molecule has 1 aliphatic carbocycles. The van der Waals surface area contributed by atoms with E-state index in [1.54, 1.807) is 17.2 Å². The zero-order chi connectivity index (χ0) is 20.7. The third-order valence-electron chi connectivity index (χ3n) is 5.41. The Morgan fingerprint density at radius 3 is 2.70 bits per heavy atom. The van der Waals surface area contributed by atoms with Crippen LogP contribution in [0.3, 0.4) is 0 Å². The van der Waals surface area contributed by atoms with E-state index < -0.39 is 0 Å². The molecule has 1 saturated carbocycles. The summed E-state index contributed by atoms with van der Waals surface area (Å²) in [6.45, 7) is 0.543. The molecule has 0 atom stereocenters. The molecule has 150 valence electrons. The Bertz CT molecular complexity index is 1130. The lowest BCUT2D eigenvalue weighted by molar-refractivity contribution is 0.0784. The topological polar surface area (TPSA) is 53.5 Å². The molecule has 3 aromatic rings. The molecular formula is C24H21N3O2S. The van der Waals surface area contributed by atoms with Crippen LogP contribution in [-0.2, 0) is 6.54 Å². The minimum absolute atomic E-state index is 0.00729. The van der Waals surface area contributed by atoms with Crippen LogP contribution >= 0.6 is 11.8 Å². The average molecular weight is 416 g/mol. The van der Waals surface area contributed by atoms with Crippen molar-refractivity contribution in [1.29, 1.82) is 0 Å². The summed E-state index contributed by atoms with van der Waals surface area (Å²) in [5, 5.41) is 0.689. The predicted octanol–water partition coefficient (Wildman–Crippen LogP) is 4.63. The monoisotopic (exact) mass is 415 g/mol.